The van der Waals surface area contributed by atoms with E-state index in [9.17, 15) is 28.1 Å². The van der Waals surface area contributed by atoms with Crippen LogP contribution in [-0.2, 0) is 32.6 Å². The van der Waals surface area contributed by atoms with E-state index >= 15 is 0 Å². The Bertz CT molecular complexity index is 1420. The van der Waals surface area contributed by atoms with Crippen LogP contribution in [0.15, 0.2) is 84.9 Å². The maximum Gasteiger partial charge on any atom is 0.271 e. The average Bonchev–Trinajstić information content (AvgIpc) is 2.93. The number of rotatable bonds is 13. The third-order valence-electron chi connectivity index (χ3n) is 6.48. The average molecular weight is 567 g/mol. The van der Waals surface area contributed by atoms with Gasteiger partial charge in [0.05, 0.1) is 16.9 Å². The van der Waals surface area contributed by atoms with Gasteiger partial charge >= 0.3 is 0 Å². The first-order valence-corrected chi connectivity index (χ1v) is 14.7. The molecule has 0 bridgehead atoms. The third kappa shape index (κ3) is 8.37. The number of hydrogen-bond donors (Lipinski definition) is 1. The van der Waals surface area contributed by atoms with E-state index < -0.39 is 33.4 Å². The quantitative estimate of drug-likeness (QED) is 0.247. The van der Waals surface area contributed by atoms with Gasteiger partial charge < -0.3 is 10.2 Å². The minimum absolute atomic E-state index is 0.0200. The molecule has 2 amide bonds. The summed E-state index contributed by atoms with van der Waals surface area (Å²) in [4.78, 5) is 39.7. The molecule has 2 atom stereocenters. The Morgan fingerprint density at radius 3 is 2.10 bits per heavy atom. The maximum atomic E-state index is 14.0. The van der Waals surface area contributed by atoms with Crippen LogP contribution in [0.4, 0.5) is 11.4 Å². The fourth-order valence-electron chi connectivity index (χ4n) is 4.15. The van der Waals surface area contributed by atoms with Gasteiger partial charge in [-0.3, -0.25) is 24.0 Å². The van der Waals surface area contributed by atoms with Gasteiger partial charge in [-0.1, -0.05) is 73.7 Å². The molecule has 0 spiro atoms. The molecule has 40 heavy (non-hydrogen) atoms. The smallest absolute Gasteiger partial charge is 0.271 e. The molecular weight excluding hydrogens is 532 g/mol. The van der Waals surface area contributed by atoms with E-state index in [1.54, 1.807) is 0 Å². The summed E-state index contributed by atoms with van der Waals surface area (Å²) in [7, 11) is -4.03. The second kappa shape index (κ2) is 13.7. The van der Waals surface area contributed by atoms with E-state index in [2.05, 4.69) is 5.32 Å². The molecule has 1 N–H and O–H groups in total. The van der Waals surface area contributed by atoms with Crippen molar-refractivity contribution in [3.8, 4) is 0 Å². The molecule has 0 aliphatic rings. The Hall–Kier alpha value is -4.25. The van der Waals surface area contributed by atoms with Crippen molar-refractivity contribution in [2.45, 2.75) is 45.3 Å². The van der Waals surface area contributed by atoms with Crippen LogP contribution in [0, 0.1) is 10.1 Å². The van der Waals surface area contributed by atoms with Crippen LogP contribution in [0.5, 0.6) is 0 Å². The predicted molar refractivity (Wildman–Crippen MR) is 154 cm³/mol. The SMILES string of the molecule is CC[C@H](C)NC(=O)[C@H](Cc1ccccc1)N(Cc1ccccc1)C(=O)CN(c1cccc([N+](=O)[O-])c1)S(C)(=O)=O. The first-order valence-electron chi connectivity index (χ1n) is 12.9. The molecule has 0 radical (unpaired) electrons. The van der Waals surface area contributed by atoms with Gasteiger partial charge in [-0.15, -0.1) is 0 Å². The number of anilines is 1. The van der Waals surface area contributed by atoms with Crippen LogP contribution >= 0.6 is 0 Å². The summed E-state index contributed by atoms with van der Waals surface area (Å²) < 4.78 is 26.5. The molecule has 0 saturated heterocycles. The number of nitrogens with zero attached hydrogens (tertiary/aromatic N) is 3. The minimum atomic E-state index is -4.03. The lowest BCUT2D eigenvalue weighted by molar-refractivity contribution is -0.384. The van der Waals surface area contributed by atoms with Crippen LogP contribution < -0.4 is 9.62 Å². The highest BCUT2D eigenvalue weighted by atomic mass is 32.2. The van der Waals surface area contributed by atoms with Crippen LogP contribution in [0.25, 0.3) is 0 Å². The molecule has 0 saturated carbocycles. The second-order valence-corrected chi connectivity index (χ2v) is 11.5. The number of nitrogens with one attached hydrogen (secondary N) is 1. The molecule has 3 aromatic carbocycles. The zero-order valence-corrected chi connectivity index (χ0v) is 23.6. The Morgan fingerprint density at radius 2 is 1.55 bits per heavy atom. The summed E-state index contributed by atoms with van der Waals surface area (Å²) in [6, 6.07) is 22.4. The molecule has 3 rings (SSSR count). The lowest BCUT2D eigenvalue weighted by Crippen LogP contribution is -2.54. The molecule has 0 aromatic heterocycles. The van der Waals surface area contributed by atoms with Crippen LogP contribution in [0.1, 0.15) is 31.4 Å². The van der Waals surface area contributed by atoms with E-state index in [-0.39, 0.29) is 36.3 Å². The molecule has 0 aliphatic heterocycles. The fraction of sp³-hybridized carbons (Fsp3) is 0.310. The van der Waals surface area contributed by atoms with Crippen molar-refractivity contribution in [2.75, 3.05) is 17.1 Å². The first kappa shape index (κ1) is 30.3. The van der Waals surface area contributed by atoms with Crippen LogP contribution in [0.2, 0.25) is 0 Å². The Labute approximate surface area is 234 Å². The lowest BCUT2D eigenvalue weighted by atomic mass is 10.0. The van der Waals surface area contributed by atoms with Crippen molar-refractivity contribution in [1.82, 2.24) is 10.2 Å². The molecule has 0 aliphatic carbocycles. The largest absolute Gasteiger partial charge is 0.352 e. The van der Waals surface area contributed by atoms with Gasteiger partial charge in [-0.05, 0) is 30.5 Å². The lowest BCUT2D eigenvalue weighted by Gasteiger charge is -2.34. The fourth-order valence-corrected chi connectivity index (χ4v) is 4.99. The summed E-state index contributed by atoms with van der Waals surface area (Å²) in [5.41, 5.74) is 1.26. The zero-order chi connectivity index (χ0) is 29.3. The van der Waals surface area contributed by atoms with E-state index in [1.165, 1.54) is 23.1 Å². The Morgan fingerprint density at radius 1 is 0.950 bits per heavy atom. The zero-order valence-electron chi connectivity index (χ0n) is 22.8. The number of carbonyl (C=O) groups is 2. The van der Waals surface area contributed by atoms with Crippen molar-refractivity contribution in [3.63, 3.8) is 0 Å². The molecular formula is C29H34N4O6S. The van der Waals surface area contributed by atoms with Gasteiger partial charge in [0.25, 0.3) is 5.69 Å². The van der Waals surface area contributed by atoms with Gasteiger partial charge in [0.1, 0.15) is 12.6 Å². The summed E-state index contributed by atoms with van der Waals surface area (Å²) >= 11 is 0. The molecule has 10 nitrogen and oxygen atoms in total. The monoisotopic (exact) mass is 566 g/mol. The highest BCUT2D eigenvalue weighted by Crippen LogP contribution is 2.24. The predicted octanol–water partition coefficient (Wildman–Crippen LogP) is 3.92. The van der Waals surface area contributed by atoms with Crippen molar-refractivity contribution in [3.05, 3.63) is 106 Å². The number of nitro benzene ring substituents is 1. The summed E-state index contributed by atoms with van der Waals surface area (Å²) in [5.74, 6) is -0.982. The first-order chi connectivity index (χ1) is 19.0. The highest BCUT2D eigenvalue weighted by Gasteiger charge is 2.33. The minimum Gasteiger partial charge on any atom is -0.352 e. The molecule has 0 heterocycles. The summed E-state index contributed by atoms with van der Waals surface area (Å²) in [5, 5.41) is 14.3. The molecule has 0 unspecified atom stereocenters. The number of nitro groups is 1. The third-order valence-corrected chi connectivity index (χ3v) is 7.62. The van der Waals surface area contributed by atoms with Crippen molar-refractivity contribution < 1.29 is 22.9 Å². The number of hydrogen-bond acceptors (Lipinski definition) is 6. The summed E-state index contributed by atoms with van der Waals surface area (Å²) in [6.45, 7) is 3.22. The van der Waals surface area contributed by atoms with E-state index in [1.807, 2.05) is 74.5 Å². The standard InChI is InChI=1S/C29H34N4O6S/c1-4-22(2)30-29(35)27(18-23-12-7-5-8-13-23)31(20-24-14-9-6-10-15-24)28(34)21-32(40(3,38)39)25-16-11-17-26(19-25)33(36)37/h5-17,19,22,27H,4,18,20-21H2,1-3H3,(H,30,35)/t22-,27-/m0/s1. The number of sulfonamides is 1. The van der Waals surface area contributed by atoms with Crippen molar-refractivity contribution in [2.24, 2.45) is 0 Å². The molecule has 11 heteroatoms. The van der Waals surface area contributed by atoms with Gasteiger partial charge in [0.15, 0.2) is 0 Å². The second-order valence-electron chi connectivity index (χ2n) is 9.58. The van der Waals surface area contributed by atoms with Crippen molar-refractivity contribution in [1.29, 1.82) is 0 Å². The van der Waals surface area contributed by atoms with Gasteiger partial charge in [-0.25, -0.2) is 8.42 Å². The number of benzene rings is 3. The maximum absolute atomic E-state index is 14.0. The van der Waals surface area contributed by atoms with E-state index in [0.29, 0.717) is 6.42 Å². The number of non-ortho nitro benzene ring substituents is 1. The van der Waals surface area contributed by atoms with Crippen LogP contribution in [-0.4, -0.2) is 54.9 Å². The van der Waals surface area contributed by atoms with Crippen LogP contribution in [0.3, 0.4) is 0 Å². The van der Waals surface area contributed by atoms with Crippen molar-refractivity contribution >= 4 is 33.2 Å². The topological polar surface area (TPSA) is 130 Å². The van der Waals surface area contributed by atoms with Gasteiger partial charge in [0.2, 0.25) is 21.8 Å². The normalized spacial score (nSPS) is 12.7. The molecule has 212 valence electrons. The highest BCUT2D eigenvalue weighted by molar-refractivity contribution is 7.92. The number of carbonyl (C=O) groups excluding carboxylic acids is 2. The van der Waals surface area contributed by atoms with Gasteiger partial charge in [-0.2, -0.15) is 0 Å². The Kier molecular flexibility index (Phi) is 10.4. The van der Waals surface area contributed by atoms with E-state index in [0.717, 1.165) is 27.8 Å². The van der Waals surface area contributed by atoms with E-state index in [4.69, 9.17) is 0 Å². The Balaban J connectivity index is 2.06. The van der Waals surface area contributed by atoms with Gasteiger partial charge in [0, 0.05) is 31.1 Å². The molecule has 0 fully saturated rings. The molecule has 3 aromatic rings. The number of amides is 2. The summed E-state index contributed by atoms with van der Waals surface area (Å²) in [6.07, 6.45) is 1.82.